The van der Waals surface area contributed by atoms with Crippen LogP contribution in [0.4, 0.5) is 0 Å². The molecule has 1 spiro atoms. The van der Waals surface area contributed by atoms with Crippen LogP contribution in [0.15, 0.2) is 18.3 Å². The fourth-order valence-corrected chi connectivity index (χ4v) is 3.20. The van der Waals surface area contributed by atoms with Crippen LogP contribution in [0.25, 0.3) is 0 Å². The van der Waals surface area contributed by atoms with Crippen LogP contribution in [-0.2, 0) is 9.47 Å². The number of likely N-dealkylation sites (tertiary alicyclic amines) is 1. The average Bonchev–Trinajstić information content (AvgIpc) is 3.07. The van der Waals surface area contributed by atoms with Gasteiger partial charge in [0.1, 0.15) is 5.69 Å². The third-order valence-electron chi connectivity index (χ3n) is 4.31. The molecule has 21 heavy (non-hydrogen) atoms. The lowest BCUT2D eigenvalue weighted by Gasteiger charge is -2.23. The average molecular weight is 290 g/mol. The molecule has 0 unspecified atom stereocenters. The number of carbonyl (C=O) groups is 1. The first-order chi connectivity index (χ1) is 10.1. The van der Waals surface area contributed by atoms with E-state index in [0.717, 1.165) is 24.9 Å². The molecule has 3 heterocycles. The van der Waals surface area contributed by atoms with E-state index in [-0.39, 0.29) is 17.6 Å². The molecular weight excluding hydrogens is 268 g/mol. The SMILES string of the molecule is CCO[C@H]1CO[C@@]2(CCN(C(=O)c3ccc(C)cn3)C2)C1. The minimum absolute atomic E-state index is 0.00432. The van der Waals surface area contributed by atoms with E-state index in [2.05, 4.69) is 4.98 Å². The molecule has 0 N–H and O–H groups in total. The van der Waals surface area contributed by atoms with Crippen LogP contribution in [-0.4, -0.2) is 53.8 Å². The minimum Gasteiger partial charge on any atom is -0.376 e. The predicted octanol–water partition coefficient (Wildman–Crippen LogP) is 1.80. The van der Waals surface area contributed by atoms with E-state index >= 15 is 0 Å². The van der Waals surface area contributed by atoms with E-state index in [1.807, 2.05) is 24.8 Å². The molecule has 0 aliphatic carbocycles. The number of amides is 1. The summed E-state index contributed by atoms with van der Waals surface area (Å²) in [5, 5.41) is 0. The second-order valence-corrected chi connectivity index (χ2v) is 5.97. The second kappa shape index (κ2) is 5.73. The van der Waals surface area contributed by atoms with Gasteiger partial charge in [-0.15, -0.1) is 0 Å². The molecule has 0 bridgehead atoms. The lowest BCUT2D eigenvalue weighted by atomic mass is 9.98. The van der Waals surface area contributed by atoms with Crippen LogP contribution in [0.1, 0.15) is 35.8 Å². The zero-order chi connectivity index (χ0) is 14.9. The number of hydrogen-bond acceptors (Lipinski definition) is 4. The summed E-state index contributed by atoms with van der Waals surface area (Å²) in [7, 11) is 0. The normalized spacial score (nSPS) is 28.5. The van der Waals surface area contributed by atoms with E-state index in [9.17, 15) is 4.79 Å². The molecular formula is C16H22N2O3. The van der Waals surface area contributed by atoms with Crippen LogP contribution in [0.5, 0.6) is 0 Å². The molecule has 2 aliphatic heterocycles. The van der Waals surface area contributed by atoms with E-state index in [1.54, 1.807) is 12.3 Å². The van der Waals surface area contributed by atoms with Gasteiger partial charge in [0.25, 0.3) is 5.91 Å². The monoisotopic (exact) mass is 290 g/mol. The number of hydrogen-bond donors (Lipinski definition) is 0. The summed E-state index contributed by atoms with van der Waals surface area (Å²) in [6.07, 6.45) is 3.67. The van der Waals surface area contributed by atoms with Crippen LogP contribution in [0.3, 0.4) is 0 Å². The van der Waals surface area contributed by atoms with Crippen molar-refractivity contribution >= 4 is 5.91 Å². The highest BCUT2D eigenvalue weighted by atomic mass is 16.6. The van der Waals surface area contributed by atoms with Gasteiger partial charge >= 0.3 is 0 Å². The molecule has 5 heteroatoms. The smallest absolute Gasteiger partial charge is 0.272 e. The molecule has 1 aromatic rings. The summed E-state index contributed by atoms with van der Waals surface area (Å²) < 4.78 is 11.6. The Hall–Kier alpha value is -1.46. The first-order valence-corrected chi connectivity index (χ1v) is 7.59. The van der Waals surface area contributed by atoms with Crippen molar-refractivity contribution in [1.29, 1.82) is 0 Å². The minimum atomic E-state index is -0.208. The number of nitrogens with zero attached hydrogens (tertiary/aromatic N) is 2. The highest BCUT2D eigenvalue weighted by molar-refractivity contribution is 5.92. The molecule has 5 nitrogen and oxygen atoms in total. The highest BCUT2D eigenvalue weighted by Crippen LogP contribution is 2.36. The summed E-state index contributed by atoms with van der Waals surface area (Å²) in [6, 6.07) is 3.71. The molecule has 2 fully saturated rings. The van der Waals surface area contributed by atoms with Gasteiger partial charge in [-0.05, 0) is 31.9 Å². The van der Waals surface area contributed by atoms with Crippen LogP contribution in [0.2, 0.25) is 0 Å². The van der Waals surface area contributed by atoms with Gasteiger partial charge in [0.2, 0.25) is 0 Å². The van der Waals surface area contributed by atoms with Crippen molar-refractivity contribution in [2.45, 2.75) is 38.4 Å². The zero-order valence-electron chi connectivity index (χ0n) is 12.7. The molecule has 1 amide bonds. The lowest BCUT2D eigenvalue weighted by molar-refractivity contribution is 0.00387. The Labute approximate surface area is 125 Å². The Morgan fingerprint density at radius 1 is 1.57 bits per heavy atom. The maximum absolute atomic E-state index is 12.5. The topological polar surface area (TPSA) is 51.7 Å². The molecule has 2 atom stereocenters. The van der Waals surface area contributed by atoms with Crippen molar-refractivity contribution in [3.63, 3.8) is 0 Å². The van der Waals surface area contributed by atoms with Crippen LogP contribution in [0, 0.1) is 6.92 Å². The van der Waals surface area contributed by atoms with Crippen molar-refractivity contribution in [3.05, 3.63) is 29.6 Å². The third kappa shape index (κ3) is 2.94. The summed E-state index contributed by atoms with van der Waals surface area (Å²) in [5.41, 5.74) is 1.36. The maximum atomic E-state index is 12.5. The fraction of sp³-hybridized carbons (Fsp3) is 0.625. The van der Waals surface area contributed by atoms with Gasteiger partial charge in [-0.25, -0.2) is 0 Å². The van der Waals surface area contributed by atoms with E-state index in [1.165, 1.54) is 0 Å². The maximum Gasteiger partial charge on any atom is 0.272 e. The van der Waals surface area contributed by atoms with Gasteiger partial charge in [0, 0.05) is 25.8 Å². The largest absolute Gasteiger partial charge is 0.376 e. The van der Waals surface area contributed by atoms with E-state index in [0.29, 0.717) is 25.5 Å². The molecule has 3 rings (SSSR count). The van der Waals surface area contributed by atoms with E-state index in [4.69, 9.17) is 9.47 Å². The number of aromatic nitrogens is 1. The Balaban J connectivity index is 1.64. The van der Waals surface area contributed by atoms with Crippen LogP contribution < -0.4 is 0 Å². The first kappa shape index (κ1) is 14.5. The van der Waals surface area contributed by atoms with Gasteiger partial charge in [-0.2, -0.15) is 0 Å². The van der Waals surface area contributed by atoms with E-state index < -0.39 is 0 Å². The standard InChI is InChI=1S/C16H22N2O3/c1-3-20-13-8-16(21-10-13)6-7-18(11-16)15(19)14-5-4-12(2)9-17-14/h4-5,9,13H,3,6-8,10-11H2,1-2H3/t13-,16+/m1/s1. The second-order valence-electron chi connectivity index (χ2n) is 5.97. The molecule has 0 aromatic carbocycles. The number of pyridine rings is 1. The number of carbonyl (C=O) groups excluding carboxylic acids is 1. The van der Waals surface area contributed by atoms with Crippen molar-refractivity contribution in [3.8, 4) is 0 Å². The summed E-state index contributed by atoms with van der Waals surface area (Å²) in [6.45, 7) is 6.68. The van der Waals surface area contributed by atoms with Gasteiger partial charge in [0.15, 0.2) is 0 Å². The van der Waals surface area contributed by atoms with Gasteiger partial charge in [0.05, 0.1) is 24.9 Å². The van der Waals surface area contributed by atoms with Gasteiger partial charge < -0.3 is 14.4 Å². The Morgan fingerprint density at radius 2 is 2.43 bits per heavy atom. The molecule has 0 saturated carbocycles. The number of ether oxygens (including phenoxy) is 2. The van der Waals surface area contributed by atoms with Crippen LogP contribution >= 0.6 is 0 Å². The van der Waals surface area contributed by atoms with Crippen molar-refractivity contribution in [1.82, 2.24) is 9.88 Å². The lowest BCUT2D eigenvalue weighted by Crippen LogP contribution is -2.36. The van der Waals surface area contributed by atoms with Crippen molar-refractivity contribution in [2.75, 3.05) is 26.3 Å². The Kier molecular flexibility index (Phi) is 3.95. The Bertz CT molecular complexity index is 517. The van der Waals surface area contributed by atoms with Crippen molar-refractivity contribution < 1.29 is 14.3 Å². The van der Waals surface area contributed by atoms with Gasteiger partial charge in [-0.3, -0.25) is 9.78 Å². The summed E-state index contributed by atoms with van der Waals surface area (Å²) in [5.74, 6) is -0.00432. The molecule has 0 radical (unpaired) electrons. The molecule has 114 valence electrons. The summed E-state index contributed by atoms with van der Waals surface area (Å²) in [4.78, 5) is 18.6. The predicted molar refractivity (Wildman–Crippen MR) is 78.2 cm³/mol. The zero-order valence-corrected chi connectivity index (χ0v) is 12.7. The molecule has 1 aromatic heterocycles. The third-order valence-corrected chi connectivity index (χ3v) is 4.31. The van der Waals surface area contributed by atoms with Gasteiger partial charge in [-0.1, -0.05) is 6.07 Å². The fourth-order valence-electron chi connectivity index (χ4n) is 3.20. The van der Waals surface area contributed by atoms with Crippen molar-refractivity contribution in [2.24, 2.45) is 0 Å². The number of aryl methyl sites for hydroxylation is 1. The Morgan fingerprint density at radius 3 is 3.14 bits per heavy atom. The molecule has 2 saturated heterocycles. The quantitative estimate of drug-likeness (QED) is 0.852. The molecule has 2 aliphatic rings. The first-order valence-electron chi connectivity index (χ1n) is 7.59. The highest BCUT2D eigenvalue weighted by Gasteiger charge is 2.47. The summed E-state index contributed by atoms with van der Waals surface area (Å²) >= 11 is 0. The number of rotatable bonds is 3.